The van der Waals surface area contributed by atoms with E-state index in [0.29, 0.717) is 0 Å². The van der Waals surface area contributed by atoms with Crippen molar-refractivity contribution < 1.29 is 8.78 Å². The Hall–Kier alpha value is -0.360. The van der Waals surface area contributed by atoms with E-state index in [2.05, 4.69) is 11.6 Å². The van der Waals surface area contributed by atoms with Crippen molar-refractivity contribution in [2.45, 2.75) is 5.51 Å². The Kier molecular flexibility index (Phi) is 1.31. The first kappa shape index (κ1) is 5.64. The molecule has 6 heavy (non-hydrogen) atoms. The molecule has 34 valence electrons. The minimum atomic E-state index is -3.69. The first-order chi connectivity index (χ1) is 2.56. The summed E-state index contributed by atoms with van der Waals surface area (Å²) in [5, 5.41) is 0. The van der Waals surface area contributed by atoms with E-state index in [-0.39, 0.29) is 0 Å². The summed E-state index contributed by atoms with van der Waals surface area (Å²) in [6, 6.07) is 0. The second-order valence-corrected chi connectivity index (χ2v) is 1.03. The van der Waals surface area contributed by atoms with Gasteiger partial charge in [-0.15, -0.1) is 8.78 Å². The molecular formula is C2ClF2N. The zero-order chi connectivity index (χ0) is 5.21. The molecule has 0 aromatic rings. The average molecular weight is 111 g/mol. The van der Waals surface area contributed by atoms with Crippen LogP contribution in [0.3, 0.4) is 0 Å². The number of alkyl halides is 3. The van der Waals surface area contributed by atoms with E-state index in [0.717, 1.165) is 0 Å². The second-order valence-electron chi connectivity index (χ2n) is 0.580. The van der Waals surface area contributed by atoms with E-state index in [1.54, 1.807) is 4.85 Å². The molecular weight excluding hydrogens is 111 g/mol. The van der Waals surface area contributed by atoms with Crippen molar-refractivity contribution in [2.75, 3.05) is 0 Å². The van der Waals surface area contributed by atoms with E-state index in [4.69, 9.17) is 6.57 Å². The molecule has 0 saturated carbocycles. The van der Waals surface area contributed by atoms with Gasteiger partial charge in [-0.2, -0.15) is 0 Å². The van der Waals surface area contributed by atoms with Gasteiger partial charge in [0.1, 0.15) is 0 Å². The van der Waals surface area contributed by atoms with Crippen LogP contribution >= 0.6 is 11.6 Å². The molecule has 0 aromatic carbocycles. The van der Waals surface area contributed by atoms with Crippen molar-refractivity contribution in [3.63, 3.8) is 0 Å². The predicted molar refractivity (Wildman–Crippen MR) is 17.4 cm³/mol. The van der Waals surface area contributed by atoms with Crippen LogP contribution in [-0.4, -0.2) is 5.51 Å². The lowest BCUT2D eigenvalue weighted by Crippen LogP contribution is -1.93. The Morgan fingerprint density at radius 1 is 1.67 bits per heavy atom. The average Bonchev–Trinajstić information content (AvgIpc) is 1.35. The highest BCUT2D eigenvalue weighted by Gasteiger charge is 2.31. The second kappa shape index (κ2) is 1.39. The summed E-state index contributed by atoms with van der Waals surface area (Å²) in [5.74, 6) is 0. The molecule has 4 heteroatoms. The number of halogens is 3. The smallest absolute Gasteiger partial charge is 0.226 e. The van der Waals surface area contributed by atoms with Crippen LogP contribution in [0.1, 0.15) is 0 Å². The lowest BCUT2D eigenvalue weighted by atomic mass is 11.3. The first-order valence-corrected chi connectivity index (χ1v) is 1.39. The third-order valence-electron chi connectivity index (χ3n) is 0.127. The molecule has 0 aliphatic carbocycles. The normalized spacial score (nSPS) is 10.3. The van der Waals surface area contributed by atoms with Crippen molar-refractivity contribution in [3.05, 3.63) is 11.4 Å². The highest BCUT2D eigenvalue weighted by atomic mass is 35.5. The number of hydrogen-bond donors (Lipinski definition) is 0. The van der Waals surface area contributed by atoms with Gasteiger partial charge in [-0.25, -0.2) is 11.4 Å². The largest absolute Gasteiger partial charge is 0.619 e. The van der Waals surface area contributed by atoms with Gasteiger partial charge in [0.05, 0.1) is 11.6 Å². The van der Waals surface area contributed by atoms with Gasteiger partial charge in [0.25, 0.3) is 0 Å². The maximum Gasteiger partial charge on any atom is 0.619 e. The van der Waals surface area contributed by atoms with Crippen LogP contribution in [0.25, 0.3) is 4.85 Å². The lowest BCUT2D eigenvalue weighted by molar-refractivity contribution is 0.150. The fraction of sp³-hybridized carbons (Fsp3) is 0.500. The molecule has 0 rings (SSSR count). The third-order valence-corrected chi connectivity index (χ3v) is 0.211. The molecule has 0 fully saturated rings. The van der Waals surface area contributed by atoms with Crippen molar-refractivity contribution in [1.29, 1.82) is 0 Å². The van der Waals surface area contributed by atoms with Crippen molar-refractivity contribution in [1.82, 2.24) is 0 Å². The van der Waals surface area contributed by atoms with Gasteiger partial charge in [-0.1, -0.05) is 0 Å². The van der Waals surface area contributed by atoms with Gasteiger partial charge in [0.15, 0.2) is 0 Å². The van der Waals surface area contributed by atoms with Crippen LogP contribution in [0, 0.1) is 6.57 Å². The number of nitrogens with zero attached hydrogens (tertiary/aromatic N) is 1. The highest BCUT2D eigenvalue weighted by molar-refractivity contribution is 6.22. The quantitative estimate of drug-likeness (QED) is 0.255. The standard InChI is InChI=1S/C2ClF2N/c1-6-2(3,4)5. The molecule has 0 N–H and O–H groups in total. The fourth-order valence-corrected chi connectivity index (χ4v) is 0. The van der Waals surface area contributed by atoms with Crippen molar-refractivity contribution >= 4 is 11.6 Å². The molecule has 0 aliphatic heterocycles. The topological polar surface area (TPSA) is 4.36 Å². The van der Waals surface area contributed by atoms with Crippen LogP contribution in [0.2, 0.25) is 0 Å². The maximum absolute atomic E-state index is 10.9. The Morgan fingerprint density at radius 2 is 1.83 bits per heavy atom. The van der Waals surface area contributed by atoms with E-state index in [1.165, 1.54) is 0 Å². The minimum Gasteiger partial charge on any atom is -0.226 e. The molecule has 1 nitrogen and oxygen atoms in total. The molecule has 0 saturated heterocycles. The van der Waals surface area contributed by atoms with E-state index < -0.39 is 5.51 Å². The Morgan fingerprint density at radius 3 is 1.83 bits per heavy atom. The van der Waals surface area contributed by atoms with Gasteiger partial charge in [-0.05, 0) is 0 Å². The van der Waals surface area contributed by atoms with Crippen molar-refractivity contribution in [2.24, 2.45) is 0 Å². The summed E-state index contributed by atoms with van der Waals surface area (Å²) in [6.45, 7) is 5.60. The summed E-state index contributed by atoms with van der Waals surface area (Å²) >= 11 is 4.03. The summed E-state index contributed by atoms with van der Waals surface area (Å²) < 4.78 is 21.7. The van der Waals surface area contributed by atoms with Crippen LogP contribution in [-0.2, 0) is 0 Å². The summed E-state index contributed by atoms with van der Waals surface area (Å²) in [7, 11) is 0. The predicted octanol–water partition coefficient (Wildman–Crippen LogP) is 1.69. The zero-order valence-corrected chi connectivity index (χ0v) is 3.34. The summed E-state index contributed by atoms with van der Waals surface area (Å²) in [4.78, 5) is 1.70. The van der Waals surface area contributed by atoms with Gasteiger partial charge in [0, 0.05) is 0 Å². The molecule has 0 aromatic heterocycles. The minimum absolute atomic E-state index is 1.70. The fourth-order valence-electron chi connectivity index (χ4n) is 0. The maximum atomic E-state index is 10.9. The molecule has 0 spiro atoms. The SMILES string of the molecule is [C-]#[N+]C(F)(F)Cl. The molecule has 0 amide bonds. The molecule has 0 bridgehead atoms. The molecule has 0 heterocycles. The van der Waals surface area contributed by atoms with E-state index >= 15 is 0 Å². The van der Waals surface area contributed by atoms with Gasteiger partial charge in [0.2, 0.25) is 0 Å². The van der Waals surface area contributed by atoms with Crippen LogP contribution < -0.4 is 0 Å². The molecule has 0 aliphatic rings. The van der Waals surface area contributed by atoms with Gasteiger partial charge in [-0.3, -0.25) is 0 Å². The van der Waals surface area contributed by atoms with Gasteiger partial charge >= 0.3 is 5.51 Å². The van der Waals surface area contributed by atoms with Gasteiger partial charge < -0.3 is 0 Å². The molecule has 0 atom stereocenters. The number of rotatable bonds is 0. The Bertz CT molecular complexity index is 78.5. The van der Waals surface area contributed by atoms with E-state index in [9.17, 15) is 8.78 Å². The first-order valence-electron chi connectivity index (χ1n) is 1.01. The Balaban J connectivity index is 3.55. The zero-order valence-electron chi connectivity index (χ0n) is 2.58. The van der Waals surface area contributed by atoms with Crippen molar-refractivity contribution in [3.8, 4) is 0 Å². The molecule has 0 unspecified atom stereocenters. The lowest BCUT2D eigenvalue weighted by Gasteiger charge is -1.81. The monoisotopic (exact) mass is 111 g/mol. The third kappa shape index (κ3) is 3.64. The summed E-state index contributed by atoms with van der Waals surface area (Å²) in [6.07, 6.45) is 0. The number of hydrogen-bond acceptors (Lipinski definition) is 0. The van der Waals surface area contributed by atoms with Crippen LogP contribution in [0.4, 0.5) is 8.78 Å². The highest BCUT2D eigenvalue weighted by Crippen LogP contribution is 2.18. The Labute approximate surface area is 38.3 Å². The van der Waals surface area contributed by atoms with Crippen LogP contribution in [0.5, 0.6) is 0 Å². The van der Waals surface area contributed by atoms with Crippen LogP contribution in [0.15, 0.2) is 0 Å². The summed E-state index contributed by atoms with van der Waals surface area (Å²) in [5.41, 5.74) is -3.69. The van der Waals surface area contributed by atoms with E-state index in [1.807, 2.05) is 0 Å². The molecule has 0 radical (unpaired) electrons.